The number of nitro benzene ring substituents is 1. The summed E-state index contributed by atoms with van der Waals surface area (Å²) in [5.74, 6) is -1.77. The van der Waals surface area contributed by atoms with Crippen LogP contribution in [-0.2, 0) is 14.8 Å². The van der Waals surface area contributed by atoms with Gasteiger partial charge >= 0.3 is 5.97 Å². The molecule has 0 aliphatic heterocycles. The van der Waals surface area contributed by atoms with Gasteiger partial charge in [0.2, 0.25) is 0 Å². The Bertz CT molecular complexity index is 1430. The van der Waals surface area contributed by atoms with Crippen molar-refractivity contribution in [2.45, 2.75) is 11.3 Å². The predicted molar refractivity (Wildman–Crippen MR) is 136 cm³/mol. The van der Waals surface area contributed by atoms with Crippen LogP contribution in [0.5, 0.6) is 0 Å². The van der Waals surface area contributed by atoms with Crippen molar-refractivity contribution in [1.82, 2.24) is 0 Å². The Morgan fingerprint density at radius 1 is 0.944 bits per heavy atom. The van der Waals surface area contributed by atoms with Gasteiger partial charge in [0.1, 0.15) is 5.69 Å². The number of aliphatic carboxylic acids is 1. The Balaban J connectivity index is 1.89. The first-order chi connectivity index (χ1) is 17.0. The molecular formula is C22H18Cl2N4O7S. The van der Waals surface area contributed by atoms with Gasteiger partial charge in [0, 0.05) is 28.3 Å². The molecule has 1 amide bonds. The number of nitrogens with zero attached hydrogens (tertiary/aromatic N) is 1. The van der Waals surface area contributed by atoms with Crippen LogP contribution in [0.4, 0.5) is 22.7 Å². The number of halogens is 2. The second-order valence-electron chi connectivity index (χ2n) is 7.26. The van der Waals surface area contributed by atoms with Gasteiger partial charge in [0.05, 0.1) is 27.5 Å². The molecule has 0 aliphatic carbocycles. The van der Waals surface area contributed by atoms with Crippen LogP contribution in [0.1, 0.15) is 16.8 Å². The highest BCUT2D eigenvalue weighted by Crippen LogP contribution is 2.30. The summed E-state index contributed by atoms with van der Waals surface area (Å²) < 4.78 is 28.3. The lowest BCUT2D eigenvalue weighted by Crippen LogP contribution is -2.19. The van der Waals surface area contributed by atoms with Crippen molar-refractivity contribution >= 4 is 67.9 Å². The number of hydrogen-bond donors (Lipinski definition) is 4. The third-order valence-corrected chi connectivity index (χ3v) is 6.55. The number of nitro groups is 1. The number of sulfonamides is 1. The first kappa shape index (κ1) is 26.7. The molecule has 0 aromatic heterocycles. The summed E-state index contributed by atoms with van der Waals surface area (Å²) in [7, 11) is -4.38. The van der Waals surface area contributed by atoms with Gasteiger partial charge in [-0.2, -0.15) is 0 Å². The van der Waals surface area contributed by atoms with Gasteiger partial charge in [-0.15, -0.1) is 0 Å². The SMILES string of the molecule is O=C(O)CCNc1ccc(S(=O)(=O)Nc2ccc(Cl)cc2C(=O)Nc2ccc(Cl)cc2)cc1[N+](=O)[O-]. The van der Waals surface area contributed by atoms with Crippen LogP contribution < -0.4 is 15.4 Å². The second kappa shape index (κ2) is 11.2. The number of benzene rings is 3. The molecule has 0 atom stereocenters. The fraction of sp³-hybridized carbons (Fsp3) is 0.0909. The zero-order valence-electron chi connectivity index (χ0n) is 18.2. The zero-order valence-corrected chi connectivity index (χ0v) is 20.5. The van der Waals surface area contributed by atoms with E-state index < -0.39 is 37.4 Å². The number of carboxylic acids is 1. The third-order valence-electron chi connectivity index (χ3n) is 4.70. The fourth-order valence-corrected chi connectivity index (χ4v) is 4.41. The summed E-state index contributed by atoms with van der Waals surface area (Å²) in [6.45, 7) is -0.0998. The van der Waals surface area contributed by atoms with Gasteiger partial charge in [-0.25, -0.2) is 8.42 Å². The van der Waals surface area contributed by atoms with Crippen molar-refractivity contribution in [3.63, 3.8) is 0 Å². The number of carboxylic acid groups (broad SMARTS) is 1. The Morgan fingerprint density at radius 2 is 1.58 bits per heavy atom. The van der Waals surface area contributed by atoms with Crippen molar-refractivity contribution in [3.8, 4) is 0 Å². The lowest BCUT2D eigenvalue weighted by atomic mass is 10.1. The standard InChI is InChI=1S/C22H18Cl2N4O7S/c23-13-1-4-15(5-2-13)26-22(31)17-11-14(24)3-7-18(17)27-36(34,35)16-6-8-19(20(12-16)28(32)33)25-10-9-21(29)30/h1-8,11-12,25,27H,9-10H2,(H,26,31)(H,29,30). The van der Waals surface area contributed by atoms with Crippen LogP contribution in [-0.4, -0.2) is 36.9 Å². The van der Waals surface area contributed by atoms with Crippen molar-refractivity contribution in [2.75, 3.05) is 21.9 Å². The molecule has 188 valence electrons. The van der Waals surface area contributed by atoms with Gasteiger partial charge in [0.15, 0.2) is 0 Å². The van der Waals surface area contributed by atoms with E-state index in [2.05, 4.69) is 15.4 Å². The molecule has 0 aliphatic rings. The Hall–Kier alpha value is -3.87. The number of carbonyl (C=O) groups excluding carboxylic acids is 1. The third kappa shape index (κ3) is 6.84. The van der Waals surface area contributed by atoms with Crippen LogP contribution in [0.25, 0.3) is 0 Å². The number of nitrogens with one attached hydrogen (secondary N) is 3. The molecule has 3 aromatic rings. The highest BCUT2D eigenvalue weighted by molar-refractivity contribution is 7.92. The normalized spacial score (nSPS) is 10.9. The number of hydrogen-bond acceptors (Lipinski definition) is 7. The van der Waals surface area contributed by atoms with Crippen molar-refractivity contribution in [3.05, 3.63) is 86.4 Å². The first-order valence-electron chi connectivity index (χ1n) is 10.1. The smallest absolute Gasteiger partial charge is 0.305 e. The van der Waals surface area contributed by atoms with Crippen molar-refractivity contribution in [2.24, 2.45) is 0 Å². The molecule has 3 rings (SSSR count). The lowest BCUT2D eigenvalue weighted by Gasteiger charge is -2.14. The quantitative estimate of drug-likeness (QED) is 0.204. The summed E-state index contributed by atoms with van der Waals surface area (Å²) in [4.78, 5) is 33.8. The minimum absolute atomic E-state index is 0.0466. The predicted octanol–water partition coefficient (Wildman–Crippen LogP) is 4.84. The molecule has 0 unspecified atom stereocenters. The highest BCUT2D eigenvalue weighted by atomic mass is 35.5. The molecule has 0 heterocycles. The van der Waals surface area contributed by atoms with Crippen LogP contribution in [0, 0.1) is 10.1 Å². The monoisotopic (exact) mass is 552 g/mol. The molecule has 4 N–H and O–H groups in total. The summed E-state index contributed by atoms with van der Waals surface area (Å²) in [6, 6.07) is 13.3. The van der Waals surface area contributed by atoms with E-state index in [1.807, 2.05) is 0 Å². The summed E-state index contributed by atoms with van der Waals surface area (Å²) >= 11 is 11.9. The van der Waals surface area contributed by atoms with E-state index in [9.17, 15) is 28.1 Å². The van der Waals surface area contributed by atoms with E-state index in [1.54, 1.807) is 24.3 Å². The van der Waals surface area contributed by atoms with Gasteiger partial charge in [0.25, 0.3) is 21.6 Å². The minimum Gasteiger partial charge on any atom is -0.481 e. The van der Waals surface area contributed by atoms with Gasteiger partial charge in [-0.1, -0.05) is 23.2 Å². The van der Waals surface area contributed by atoms with Crippen molar-refractivity contribution < 1.29 is 28.0 Å². The summed E-state index contributed by atoms with van der Waals surface area (Å²) in [6.07, 6.45) is -0.295. The molecule has 11 nitrogen and oxygen atoms in total. The van der Waals surface area contributed by atoms with Crippen LogP contribution in [0.2, 0.25) is 10.0 Å². The first-order valence-corrected chi connectivity index (χ1v) is 12.3. The van der Waals surface area contributed by atoms with Crippen molar-refractivity contribution in [1.29, 1.82) is 0 Å². The highest BCUT2D eigenvalue weighted by Gasteiger charge is 2.24. The van der Waals surface area contributed by atoms with E-state index >= 15 is 0 Å². The van der Waals surface area contributed by atoms with Crippen LogP contribution in [0.15, 0.2) is 65.6 Å². The minimum atomic E-state index is -4.38. The molecule has 0 radical (unpaired) electrons. The average Bonchev–Trinajstić information content (AvgIpc) is 2.81. The number of anilines is 3. The molecule has 0 fully saturated rings. The Morgan fingerprint density at radius 3 is 2.22 bits per heavy atom. The van der Waals surface area contributed by atoms with Gasteiger partial charge < -0.3 is 15.7 Å². The summed E-state index contributed by atoms with van der Waals surface area (Å²) in [5, 5.41) is 26.1. The molecule has 0 saturated carbocycles. The average molecular weight is 553 g/mol. The Kier molecular flexibility index (Phi) is 8.35. The second-order valence-corrected chi connectivity index (χ2v) is 9.82. The van der Waals surface area contributed by atoms with Crippen LogP contribution in [0.3, 0.4) is 0 Å². The van der Waals surface area contributed by atoms with Gasteiger partial charge in [-0.3, -0.25) is 24.4 Å². The fourth-order valence-electron chi connectivity index (χ4n) is 3.01. The van der Waals surface area contributed by atoms with E-state index in [1.165, 1.54) is 18.2 Å². The molecule has 0 spiro atoms. The Labute approximate surface area is 215 Å². The van der Waals surface area contributed by atoms with E-state index in [0.717, 1.165) is 18.2 Å². The maximum Gasteiger partial charge on any atom is 0.305 e. The maximum atomic E-state index is 13.0. The molecule has 14 heteroatoms. The van der Waals surface area contributed by atoms with E-state index in [-0.39, 0.29) is 34.9 Å². The maximum absolute atomic E-state index is 13.0. The molecule has 3 aromatic carbocycles. The topological polar surface area (TPSA) is 168 Å². The molecular weight excluding hydrogens is 535 g/mol. The number of rotatable bonds is 10. The zero-order chi connectivity index (χ0) is 26.5. The van der Waals surface area contributed by atoms with E-state index in [4.69, 9.17) is 28.3 Å². The number of amides is 1. The largest absolute Gasteiger partial charge is 0.481 e. The molecule has 0 saturated heterocycles. The number of carbonyl (C=O) groups is 2. The molecule has 0 bridgehead atoms. The molecule has 36 heavy (non-hydrogen) atoms. The van der Waals surface area contributed by atoms with E-state index in [0.29, 0.717) is 10.7 Å². The van der Waals surface area contributed by atoms with Gasteiger partial charge in [-0.05, 0) is 54.6 Å². The van der Waals surface area contributed by atoms with Crippen LogP contribution >= 0.6 is 23.2 Å². The lowest BCUT2D eigenvalue weighted by molar-refractivity contribution is -0.384. The summed E-state index contributed by atoms with van der Waals surface area (Å²) in [5.41, 5.74) is -0.422.